The number of hydrogen-bond acceptors (Lipinski definition) is 1. The Hall–Kier alpha value is -1.57. The van der Waals surface area contributed by atoms with Gasteiger partial charge in [0.1, 0.15) is 0 Å². The van der Waals surface area contributed by atoms with Gasteiger partial charge in [-0.1, -0.05) is 73.4 Å². The summed E-state index contributed by atoms with van der Waals surface area (Å²) in [6.45, 7) is 4.25. The maximum atomic E-state index is 12.1. The predicted molar refractivity (Wildman–Crippen MR) is 90.4 cm³/mol. The van der Waals surface area contributed by atoms with E-state index >= 15 is 0 Å². The van der Waals surface area contributed by atoms with Crippen LogP contribution in [-0.4, -0.2) is 5.78 Å². The van der Waals surface area contributed by atoms with Gasteiger partial charge in [0.25, 0.3) is 0 Å². The molecule has 108 valence electrons. The van der Waals surface area contributed by atoms with E-state index in [4.69, 9.17) is 23.2 Å². The van der Waals surface area contributed by atoms with Crippen molar-refractivity contribution in [3.05, 3.63) is 75.3 Å². The number of rotatable bonds is 4. The smallest absolute Gasteiger partial charge is 0.185 e. The molecule has 0 aliphatic carbocycles. The summed E-state index contributed by atoms with van der Waals surface area (Å²) >= 11 is 12.0. The standard InChI is InChI=1S/C18H16Cl2O/c1-12(2)13-6-8-14(9-7-13)17(21)11-10-15-4-3-5-16(19)18(15)20/h3-12H,1-2H3/b11-10+. The van der Waals surface area contributed by atoms with E-state index in [1.807, 2.05) is 30.3 Å². The molecule has 0 heterocycles. The summed E-state index contributed by atoms with van der Waals surface area (Å²) in [5.74, 6) is 0.399. The Bertz CT molecular complexity index is 670. The zero-order chi connectivity index (χ0) is 15.4. The van der Waals surface area contributed by atoms with Crippen LogP contribution in [0.25, 0.3) is 6.08 Å². The molecule has 0 spiro atoms. The third-order valence-corrected chi connectivity index (χ3v) is 4.09. The highest BCUT2D eigenvalue weighted by molar-refractivity contribution is 6.42. The van der Waals surface area contributed by atoms with Crippen LogP contribution in [0.5, 0.6) is 0 Å². The lowest BCUT2D eigenvalue weighted by atomic mass is 10.0. The SMILES string of the molecule is CC(C)c1ccc(C(=O)/C=C/c2cccc(Cl)c2Cl)cc1. The molecule has 0 N–H and O–H groups in total. The highest BCUT2D eigenvalue weighted by atomic mass is 35.5. The lowest BCUT2D eigenvalue weighted by Gasteiger charge is -2.05. The van der Waals surface area contributed by atoms with Crippen molar-refractivity contribution in [2.75, 3.05) is 0 Å². The van der Waals surface area contributed by atoms with Crippen LogP contribution in [0.2, 0.25) is 10.0 Å². The van der Waals surface area contributed by atoms with Crippen LogP contribution >= 0.6 is 23.2 Å². The second-order valence-corrected chi connectivity index (χ2v) is 5.90. The van der Waals surface area contributed by atoms with Crippen LogP contribution in [0.1, 0.15) is 41.3 Å². The van der Waals surface area contributed by atoms with Crippen LogP contribution in [-0.2, 0) is 0 Å². The molecule has 0 aliphatic heterocycles. The average Bonchev–Trinajstić information content (AvgIpc) is 2.48. The summed E-state index contributed by atoms with van der Waals surface area (Å²) in [6.07, 6.45) is 3.20. The fraction of sp³-hybridized carbons (Fsp3) is 0.167. The Labute approximate surface area is 135 Å². The first kappa shape index (κ1) is 15.8. The number of halogens is 2. The van der Waals surface area contributed by atoms with Crippen molar-refractivity contribution >= 4 is 35.1 Å². The lowest BCUT2D eigenvalue weighted by Crippen LogP contribution is -1.95. The lowest BCUT2D eigenvalue weighted by molar-refractivity contribution is 0.104. The van der Waals surface area contributed by atoms with Gasteiger partial charge in [-0.25, -0.2) is 0 Å². The molecule has 3 heteroatoms. The Morgan fingerprint density at radius 2 is 1.71 bits per heavy atom. The summed E-state index contributed by atoms with van der Waals surface area (Å²) in [7, 11) is 0. The number of ketones is 1. The second-order valence-electron chi connectivity index (χ2n) is 5.12. The molecule has 1 nitrogen and oxygen atoms in total. The van der Waals surface area contributed by atoms with E-state index in [9.17, 15) is 4.79 Å². The van der Waals surface area contributed by atoms with Crippen molar-refractivity contribution in [1.29, 1.82) is 0 Å². The van der Waals surface area contributed by atoms with Crippen LogP contribution in [0, 0.1) is 0 Å². The number of carbonyl (C=O) groups excluding carboxylic acids is 1. The molecule has 2 aromatic rings. The van der Waals surface area contributed by atoms with Crippen LogP contribution in [0.4, 0.5) is 0 Å². The third-order valence-electron chi connectivity index (χ3n) is 3.26. The van der Waals surface area contributed by atoms with E-state index in [-0.39, 0.29) is 5.78 Å². The molecule has 0 atom stereocenters. The molecule has 2 rings (SSSR count). The van der Waals surface area contributed by atoms with E-state index in [0.29, 0.717) is 21.5 Å². The van der Waals surface area contributed by atoms with E-state index in [1.165, 1.54) is 11.6 Å². The Morgan fingerprint density at radius 3 is 2.33 bits per heavy atom. The Kier molecular flexibility index (Phi) is 5.22. The first-order valence-corrected chi connectivity index (χ1v) is 7.51. The number of hydrogen-bond donors (Lipinski definition) is 0. The zero-order valence-corrected chi connectivity index (χ0v) is 13.4. The van der Waals surface area contributed by atoms with Crippen molar-refractivity contribution < 1.29 is 4.79 Å². The van der Waals surface area contributed by atoms with E-state index < -0.39 is 0 Å². The van der Waals surface area contributed by atoms with Gasteiger partial charge >= 0.3 is 0 Å². The second kappa shape index (κ2) is 6.93. The van der Waals surface area contributed by atoms with Gasteiger partial charge < -0.3 is 0 Å². The van der Waals surface area contributed by atoms with Crippen LogP contribution in [0.3, 0.4) is 0 Å². The molecule has 0 saturated carbocycles. The molecule has 0 radical (unpaired) electrons. The topological polar surface area (TPSA) is 17.1 Å². The van der Waals surface area contributed by atoms with Gasteiger partial charge in [-0.05, 0) is 35.3 Å². The number of allylic oxidation sites excluding steroid dienone is 1. The third kappa shape index (κ3) is 3.96. The molecule has 0 bridgehead atoms. The molecule has 0 aromatic heterocycles. The maximum absolute atomic E-state index is 12.1. The zero-order valence-electron chi connectivity index (χ0n) is 11.9. The van der Waals surface area contributed by atoms with Gasteiger partial charge in [0.15, 0.2) is 5.78 Å². The van der Waals surface area contributed by atoms with Crippen molar-refractivity contribution in [2.45, 2.75) is 19.8 Å². The van der Waals surface area contributed by atoms with Gasteiger partial charge in [-0.3, -0.25) is 4.79 Å². The molecule has 0 saturated heterocycles. The van der Waals surface area contributed by atoms with Crippen LogP contribution in [0.15, 0.2) is 48.5 Å². The molecule has 0 unspecified atom stereocenters. The molecule has 0 aliphatic rings. The van der Waals surface area contributed by atoms with Gasteiger partial charge in [-0.2, -0.15) is 0 Å². The monoisotopic (exact) mass is 318 g/mol. The molecular weight excluding hydrogens is 303 g/mol. The summed E-state index contributed by atoms with van der Waals surface area (Å²) in [6, 6.07) is 13.0. The minimum atomic E-state index is -0.0543. The Morgan fingerprint density at radius 1 is 1.05 bits per heavy atom. The molecule has 0 fully saturated rings. The predicted octanol–water partition coefficient (Wildman–Crippen LogP) is 6.01. The van der Waals surface area contributed by atoms with E-state index in [1.54, 1.807) is 18.2 Å². The maximum Gasteiger partial charge on any atom is 0.185 e. The normalized spacial score (nSPS) is 11.3. The van der Waals surface area contributed by atoms with Crippen molar-refractivity contribution in [1.82, 2.24) is 0 Å². The first-order chi connectivity index (χ1) is 9.99. The van der Waals surface area contributed by atoms with Gasteiger partial charge in [-0.15, -0.1) is 0 Å². The van der Waals surface area contributed by atoms with Gasteiger partial charge in [0.05, 0.1) is 10.0 Å². The molecule has 2 aromatic carbocycles. The quantitative estimate of drug-likeness (QED) is 0.498. The minimum Gasteiger partial charge on any atom is -0.289 e. The summed E-state index contributed by atoms with van der Waals surface area (Å²) < 4.78 is 0. The summed E-state index contributed by atoms with van der Waals surface area (Å²) in [5, 5.41) is 0.936. The molecule has 0 amide bonds. The Balaban J connectivity index is 2.17. The first-order valence-electron chi connectivity index (χ1n) is 6.75. The van der Waals surface area contributed by atoms with Crippen molar-refractivity contribution in [2.24, 2.45) is 0 Å². The van der Waals surface area contributed by atoms with Crippen molar-refractivity contribution in [3.63, 3.8) is 0 Å². The summed E-state index contributed by atoms with van der Waals surface area (Å²) in [5.41, 5.74) is 2.61. The van der Waals surface area contributed by atoms with Gasteiger partial charge in [0, 0.05) is 5.56 Å². The fourth-order valence-corrected chi connectivity index (χ4v) is 2.31. The highest BCUT2D eigenvalue weighted by Gasteiger charge is 2.05. The van der Waals surface area contributed by atoms with E-state index in [2.05, 4.69) is 13.8 Å². The van der Waals surface area contributed by atoms with Gasteiger partial charge in [0.2, 0.25) is 0 Å². The van der Waals surface area contributed by atoms with Crippen LogP contribution < -0.4 is 0 Å². The van der Waals surface area contributed by atoms with Crippen molar-refractivity contribution in [3.8, 4) is 0 Å². The number of carbonyl (C=O) groups is 1. The fourth-order valence-electron chi connectivity index (χ4n) is 1.94. The minimum absolute atomic E-state index is 0.0543. The van der Waals surface area contributed by atoms with E-state index in [0.717, 1.165) is 5.56 Å². The molecular formula is C18H16Cl2O. The highest BCUT2D eigenvalue weighted by Crippen LogP contribution is 2.26. The summed E-state index contributed by atoms with van der Waals surface area (Å²) in [4.78, 5) is 12.1. The molecule has 21 heavy (non-hydrogen) atoms. The average molecular weight is 319 g/mol. The largest absolute Gasteiger partial charge is 0.289 e. The number of benzene rings is 2.